The number of hydrogen-bond acceptors (Lipinski definition) is 9. The van der Waals surface area contributed by atoms with Gasteiger partial charge in [-0.1, -0.05) is 11.8 Å². The zero-order chi connectivity index (χ0) is 15.9. The summed E-state index contributed by atoms with van der Waals surface area (Å²) in [5, 5.41) is 9.33. The van der Waals surface area contributed by atoms with Gasteiger partial charge in [-0.2, -0.15) is 15.0 Å². The Bertz CT molecular complexity index is 522. The molecule has 0 aliphatic carbocycles. The minimum Gasteiger partial charge on any atom is -0.469 e. The molecule has 21 heavy (non-hydrogen) atoms. The Morgan fingerprint density at radius 1 is 1.62 bits per heavy atom. The Balaban J connectivity index is 2.17. The maximum absolute atomic E-state index is 11.7. The van der Waals surface area contributed by atoms with Gasteiger partial charge in [-0.25, -0.2) is 0 Å². The van der Waals surface area contributed by atoms with Crippen molar-refractivity contribution in [3.05, 3.63) is 0 Å². The van der Waals surface area contributed by atoms with Gasteiger partial charge in [-0.15, -0.1) is 0 Å². The Labute approximate surface area is 128 Å². The molecule has 2 rings (SSSR count). The van der Waals surface area contributed by atoms with E-state index in [1.807, 2.05) is 4.90 Å². The van der Waals surface area contributed by atoms with Crippen molar-refractivity contribution >= 4 is 29.6 Å². The van der Waals surface area contributed by atoms with E-state index in [4.69, 9.17) is 11.3 Å². The van der Waals surface area contributed by atoms with Crippen molar-refractivity contribution in [1.29, 1.82) is 0 Å². The third kappa shape index (κ3) is 4.18. The molecule has 1 aliphatic heterocycles. The highest BCUT2D eigenvalue weighted by molar-refractivity contribution is 7.99. The van der Waals surface area contributed by atoms with Crippen LogP contribution in [0.15, 0.2) is 5.16 Å². The zero-order valence-electron chi connectivity index (χ0n) is 12.8. The van der Waals surface area contributed by atoms with Crippen molar-refractivity contribution in [3.8, 4) is 0 Å². The molecule has 0 radical (unpaired) electrons. The van der Waals surface area contributed by atoms with Gasteiger partial charge in [0, 0.05) is 18.8 Å². The largest absolute Gasteiger partial charge is 0.469 e. The first-order valence-electron chi connectivity index (χ1n) is 7.18. The van der Waals surface area contributed by atoms with Crippen LogP contribution in [0.3, 0.4) is 0 Å². The zero-order valence-corrected chi connectivity index (χ0v) is 12.6. The lowest BCUT2D eigenvalue weighted by Gasteiger charge is -2.31. The van der Waals surface area contributed by atoms with Gasteiger partial charge in [-0.05, 0) is 12.8 Å². The quantitative estimate of drug-likeness (QED) is 0.550. The van der Waals surface area contributed by atoms with E-state index in [2.05, 4.69) is 20.7 Å². The number of rotatable bonds is 6. The number of piperidine rings is 1. The lowest BCUT2D eigenvalue weighted by Crippen LogP contribution is -2.40. The SMILES string of the molecule is [2H]Nc1nc(SCCO)nc(N2CCCC(C(=O)OC)C2)n1. The maximum atomic E-state index is 11.7. The Hall–Kier alpha value is -1.61. The van der Waals surface area contributed by atoms with Crippen LogP contribution >= 0.6 is 11.8 Å². The number of nitrogens with two attached hydrogens (primary N) is 1. The number of aliphatic hydroxyl groups excluding tert-OH is 1. The van der Waals surface area contributed by atoms with Crippen LogP contribution in [0, 0.1) is 5.92 Å². The number of carbonyl (C=O) groups excluding carboxylic acids is 1. The van der Waals surface area contributed by atoms with Gasteiger partial charge in [-0.3, -0.25) is 4.79 Å². The van der Waals surface area contributed by atoms with E-state index >= 15 is 0 Å². The highest BCUT2D eigenvalue weighted by Crippen LogP contribution is 2.23. The summed E-state index contributed by atoms with van der Waals surface area (Å²) in [6.45, 7) is 1.24. The van der Waals surface area contributed by atoms with Crippen molar-refractivity contribution in [1.82, 2.24) is 15.0 Å². The molecule has 0 spiro atoms. The summed E-state index contributed by atoms with van der Waals surface area (Å²) >= 11 is 1.29. The summed E-state index contributed by atoms with van der Waals surface area (Å²) in [6.07, 6.45) is 1.62. The van der Waals surface area contributed by atoms with E-state index in [1.54, 1.807) is 0 Å². The van der Waals surface area contributed by atoms with Gasteiger partial charge in [0.15, 0.2) is 6.57 Å². The van der Waals surface area contributed by atoms with Crippen molar-refractivity contribution in [2.45, 2.75) is 18.0 Å². The molecule has 1 aliphatic rings. The molecule has 0 saturated carbocycles. The molecule has 1 saturated heterocycles. The monoisotopic (exact) mass is 314 g/mol. The van der Waals surface area contributed by atoms with Crippen molar-refractivity contribution in [2.75, 3.05) is 43.2 Å². The van der Waals surface area contributed by atoms with E-state index in [-0.39, 0.29) is 24.4 Å². The molecule has 1 aromatic rings. The molecular weight excluding hydrogens is 294 g/mol. The van der Waals surface area contributed by atoms with E-state index in [0.717, 1.165) is 19.4 Å². The third-order valence-electron chi connectivity index (χ3n) is 3.16. The van der Waals surface area contributed by atoms with E-state index in [9.17, 15) is 4.79 Å². The first kappa shape index (κ1) is 14.3. The fourth-order valence-corrected chi connectivity index (χ4v) is 2.78. The molecule has 3 N–H and O–H groups in total. The van der Waals surface area contributed by atoms with Gasteiger partial charge in [0.05, 0.1) is 19.6 Å². The summed E-state index contributed by atoms with van der Waals surface area (Å²) in [7, 11) is 1.38. The molecule has 1 fully saturated rings. The Kier molecular flexibility index (Phi) is 5.06. The highest BCUT2D eigenvalue weighted by Gasteiger charge is 2.28. The number of anilines is 2. The predicted octanol–water partition coefficient (Wildman–Crippen LogP) is -0.0724. The van der Waals surface area contributed by atoms with E-state index < -0.39 is 0 Å². The van der Waals surface area contributed by atoms with Crippen LogP contribution in [0.25, 0.3) is 0 Å². The second kappa shape index (κ2) is 7.41. The first-order valence-corrected chi connectivity index (χ1v) is 7.66. The number of hydrogen-bond donors (Lipinski definition) is 2. The number of carbonyl (C=O) groups is 1. The molecule has 1 atom stereocenters. The minimum atomic E-state index is -0.229. The molecule has 2 heterocycles. The van der Waals surface area contributed by atoms with Crippen LogP contribution < -0.4 is 10.6 Å². The number of aliphatic hydroxyl groups is 1. The third-order valence-corrected chi connectivity index (χ3v) is 3.99. The molecule has 9 heteroatoms. The summed E-state index contributed by atoms with van der Waals surface area (Å²) in [6, 6.07) is 0. The van der Waals surface area contributed by atoms with E-state index in [0.29, 0.717) is 23.4 Å². The van der Waals surface area contributed by atoms with Crippen molar-refractivity contribution < 1.29 is 16.0 Å². The molecule has 0 amide bonds. The van der Waals surface area contributed by atoms with Crippen LogP contribution in [0.5, 0.6) is 0 Å². The number of esters is 1. The normalized spacial score (nSPS) is 19.0. The number of nitrogens with zero attached hydrogens (tertiary/aromatic N) is 4. The van der Waals surface area contributed by atoms with Crippen LogP contribution in [-0.2, 0) is 9.53 Å². The van der Waals surface area contributed by atoms with Crippen LogP contribution in [-0.4, -0.2) is 58.6 Å². The Morgan fingerprint density at radius 2 is 2.48 bits per heavy atom. The fraction of sp³-hybridized carbons (Fsp3) is 0.667. The number of nitrogen functional groups attached to an aromatic ring is 1. The van der Waals surface area contributed by atoms with Crippen LogP contribution in [0.2, 0.25) is 1.41 Å². The van der Waals surface area contributed by atoms with Crippen LogP contribution in [0.1, 0.15) is 12.8 Å². The smallest absolute Gasteiger partial charge is 0.310 e. The summed E-state index contributed by atoms with van der Waals surface area (Å²) < 4.78 is 12.0. The van der Waals surface area contributed by atoms with Gasteiger partial charge < -0.3 is 20.5 Å². The fourth-order valence-electron chi connectivity index (χ4n) is 2.21. The molecule has 0 bridgehead atoms. The topological polar surface area (TPSA) is 114 Å². The van der Waals surface area contributed by atoms with E-state index in [1.165, 1.54) is 18.9 Å². The molecule has 1 aromatic heterocycles. The molecule has 116 valence electrons. The lowest BCUT2D eigenvalue weighted by atomic mass is 9.98. The number of aromatic nitrogens is 3. The molecular formula is C12H19N5O3S. The molecule has 1 unspecified atom stereocenters. The van der Waals surface area contributed by atoms with Gasteiger partial charge in [0.25, 0.3) is 0 Å². The van der Waals surface area contributed by atoms with Crippen molar-refractivity contribution in [3.63, 3.8) is 0 Å². The molecule has 8 nitrogen and oxygen atoms in total. The van der Waals surface area contributed by atoms with Crippen LogP contribution in [0.4, 0.5) is 11.9 Å². The standard InChI is InChI=1S/C12H19N5O3S/c1-20-9(19)8-3-2-4-17(7-8)11-14-10(13)15-12(16-11)21-6-5-18/h8,18H,2-7H2,1H3,(H2,13,14,15,16)/i/hD. The van der Waals surface area contributed by atoms with Gasteiger partial charge in [0.1, 0.15) is 0 Å². The van der Waals surface area contributed by atoms with Crippen molar-refractivity contribution in [2.24, 2.45) is 5.92 Å². The second-order valence-electron chi connectivity index (χ2n) is 4.62. The molecule has 0 aromatic carbocycles. The number of methoxy groups -OCH3 is 1. The first-order chi connectivity index (χ1) is 10.7. The summed E-state index contributed by atoms with van der Waals surface area (Å²) in [5.74, 6) is 0.611. The summed E-state index contributed by atoms with van der Waals surface area (Å²) in [4.78, 5) is 26.2. The second-order valence-corrected chi connectivity index (χ2v) is 5.68. The summed E-state index contributed by atoms with van der Waals surface area (Å²) in [5.41, 5.74) is 2.16. The van der Waals surface area contributed by atoms with Gasteiger partial charge in [0.2, 0.25) is 11.9 Å². The predicted molar refractivity (Wildman–Crippen MR) is 79.0 cm³/mol. The number of thioether (sulfide) groups is 1. The lowest BCUT2D eigenvalue weighted by molar-refractivity contribution is -0.145. The average molecular weight is 314 g/mol. The number of ether oxygens (including phenoxy) is 1. The minimum absolute atomic E-state index is 0.0173. The highest BCUT2D eigenvalue weighted by atomic mass is 32.2. The maximum Gasteiger partial charge on any atom is 0.310 e. The Morgan fingerprint density at radius 3 is 3.19 bits per heavy atom. The van der Waals surface area contributed by atoms with Gasteiger partial charge >= 0.3 is 5.97 Å². The average Bonchev–Trinajstić information content (AvgIpc) is 2.59.